The zero-order valence-corrected chi connectivity index (χ0v) is 11.9. The Hall–Kier alpha value is -0.460. The van der Waals surface area contributed by atoms with Crippen molar-refractivity contribution >= 4 is 0 Å². The standard InChI is InChI=1S/C15H26O5/c16-7-1-3-9-18-15(19-10-4-2-8-17)13-11-12-5-6-14(13)20-12/h5-6,12-17H,1-4,7-11H2. The molecule has 0 aromatic heterocycles. The van der Waals surface area contributed by atoms with Crippen LogP contribution in [0.2, 0.25) is 0 Å². The van der Waals surface area contributed by atoms with Crippen LogP contribution in [0.4, 0.5) is 0 Å². The molecule has 0 aliphatic carbocycles. The van der Waals surface area contributed by atoms with Gasteiger partial charge in [-0.15, -0.1) is 0 Å². The monoisotopic (exact) mass is 286 g/mol. The van der Waals surface area contributed by atoms with Gasteiger partial charge < -0.3 is 24.4 Å². The third-order valence-electron chi connectivity index (χ3n) is 3.79. The van der Waals surface area contributed by atoms with Crippen molar-refractivity contribution in [3.05, 3.63) is 12.2 Å². The Labute approximate surface area is 120 Å². The van der Waals surface area contributed by atoms with Crippen molar-refractivity contribution in [2.24, 2.45) is 5.92 Å². The summed E-state index contributed by atoms with van der Waals surface area (Å²) in [5, 5.41) is 17.6. The SMILES string of the molecule is OCCCCOC(OCCCCO)C1CC2C=CC1O2. The second-order valence-corrected chi connectivity index (χ2v) is 5.40. The summed E-state index contributed by atoms with van der Waals surface area (Å²) in [6, 6.07) is 0. The normalized spacial score (nSPS) is 27.9. The molecule has 5 heteroatoms. The van der Waals surface area contributed by atoms with E-state index in [0.29, 0.717) is 13.2 Å². The first-order valence-electron chi connectivity index (χ1n) is 7.64. The summed E-state index contributed by atoms with van der Waals surface area (Å²) in [6.07, 6.45) is 8.42. The molecule has 0 spiro atoms. The van der Waals surface area contributed by atoms with E-state index >= 15 is 0 Å². The molecule has 3 atom stereocenters. The lowest BCUT2D eigenvalue weighted by Crippen LogP contribution is -2.33. The van der Waals surface area contributed by atoms with Crippen molar-refractivity contribution in [3.8, 4) is 0 Å². The second-order valence-electron chi connectivity index (χ2n) is 5.40. The largest absolute Gasteiger partial charge is 0.396 e. The number of unbranched alkanes of at least 4 members (excludes halogenated alkanes) is 2. The fourth-order valence-electron chi connectivity index (χ4n) is 2.69. The minimum absolute atomic E-state index is 0.112. The fraction of sp³-hybridized carbons (Fsp3) is 0.867. The van der Waals surface area contributed by atoms with E-state index in [4.69, 9.17) is 24.4 Å². The molecule has 2 bridgehead atoms. The number of hydrogen-bond acceptors (Lipinski definition) is 5. The molecular formula is C15H26O5. The Morgan fingerprint density at radius 1 is 1.00 bits per heavy atom. The van der Waals surface area contributed by atoms with Crippen molar-refractivity contribution in [2.75, 3.05) is 26.4 Å². The molecule has 2 N–H and O–H groups in total. The number of fused-ring (bicyclic) bond motifs is 2. The molecule has 0 amide bonds. The van der Waals surface area contributed by atoms with E-state index in [1.54, 1.807) is 0 Å². The topological polar surface area (TPSA) is 68.2 Å². The highest BCUT2D eigenvalue weighted by Gasteiger charge is 2.42. The molecule has 0 aromatic carbocycles. The molecule has 0 radical (unpaired) electrons. The van der Waals surface area contributed by atoms with Crippen molar-refractivity contribution < 1.29 is 24.4 Å². The average Bonchev–Trinajstić information content (AvgIpc) is 3.08. The minimum Gasteiger partial charge on any atom is -0.396 e. The molecule has 2 aliphatic rings. The average molecular weight is 286 g/mol. The molecule has 2 heterocycles. The van der Waals surface area contributed by atoms with Crippen molar-refractivity contribution in [1.82, 2.24) is 0 Å². The molecule has 20 heavy (non-hydrogen) atoms. The zero-order chi connectivity index (χ0) is 14.2. The van der Waals surface area contributed by atoms with Gasteiger partial charge in [0.15, 0.2) is 6.29 Å². The molecule has 3 unspecified atom stereocenters. The van der Waals surface area contributed by atoms with Crippen LogP contribution in [0, 0.1) is 5.92 Å². The summed E-state index contributed by atoms with van der Waals surface area (Å²) >= 11 is 0. The molecule has 5 nitrogen and oxygen atoms in total. The Bertz CT molecular complexity index is 282. The van der Waals surface area contributed by atoms with Gasteiger partial charge in [0.1, 0.15) is 0 Å². The molecule has 2 aliphatic heterocycles. The van der Waals surface area contributed by atoms with Gasteiger partial charge in [-0.1, -0.05) is 12.2 Å². The van der Waals surface area contributed by atoms with Crippen LogP contribution >= 0.6 is 0 Å². The lowest BCUT2D eigenvalue weighted by atomic mass is 9.93. The maximum Gasteiger partial charge on any atom is 0.163 e. The first kappa shape index (κ1) is 15.9. The highest BCUT2D eigenvalue weighted by atomic mass is 16.7. The van der Waals surface area contributed by atoms with Gasteiger partial charge in [0.05, 0.1) is 12.2 Å². The van der Waals surface area contributed by atoms with Crippen LogP contribution in [-0.4, -0.2) is 55.1 Å². The van der Waals surface area contributed by atoms with Crippen molar-refractivity contribution in [3.63, 3.8) is 0 Å². The first-order valence-corrected chi connectivity index (χ1v) is 7.64. The predicted molar refractivity (Wildman–Crippen MR) is 74.2 cm³/mol. The third kappa shape index (κ3) is 4.53. The lowest BCUT2D eigenvalue weighted by molar-refractivity contribution is -0.178. The van der Waals surface area contributed by atoms with Crippen LogP contribution in [0.15, 0.2) is 12.2 Å². The number of hydrogen-bond donors (Lipinski definition) is 2. The lowest BCUT2D eigenvalue weighted by Gasteiger charge is -2.27. The van der Waals surface area contributed by atoms with Crippen molar-refractivity contribution in [1.29, 1.82) is 0 Å². The van der Waals surface area contributed by atoms with Gasteiger partial charge in [0.2, 0.25) is 0 Å². The molecule has 0 aromatic rings. The zero-order valence-electron chi connectivity index (χ0n) is 11.9. The van der Waals surface area contributed by atoms with E-state index in [-0.39, 0.29) is 37.6 Å². The van der Waals surface area contributed by atoms with E-state index in [2.05, 4.69) is 12.2 Å². The van der Waals surface area contributed by atoms with E-state index < -0.39 is 0 Å². The van der Waals surface area contributed by atoms with Crippen LogP contribution < -0.4 is 0 Å². The highest BCUT2D eigenvalue weighted by molar-refractivity contribution is 5.11. The van der Waals surface area contributed by atoms with Crippen LogP contribution in [0.3, 0.4) is 0 Å². The summed E-state index contributed by atoms with van der Waals surface area (Å²) in [5.74, 6) is 0.258. The quantitative estimate of drug-likeness (QED) is 0.340. The van der Waals surface area contributed by atoms with E-state index in [9.17, 15) is 0 Å². The summed E-state index contributed by atoms with van der Waals surface area (Å²) in [4.78, 5) is 0. The Balaban J connectivity index is 1.75. The molecule has 116 valence electrons. The van der Waals surface area contributed by atoms with E-state index in [0.717, 1.165) is 32.1 Å². The summed E-state index contributed by atoms with van der Waals surface area (Å²) in [5.41, 5.74) is 0. The van der Waals surface area contributed by atoms with Gasteiger partial charge in [0.25, 0.3) is 0 Å². The summed E-state index contributed by atoms with van der Waals surface area (Å²) in [7, 11) is 0. The molecular weight excluding hydrogens is 260 g/mol. The number of rotatable bonds is 11. The molecule has 1 saturated heterocycles. The fourth-order valence-corrected chi connectivity index (χ4v) is 2.69. The Kier molecular flexibility index (Phi) is 6.96. The van der Waals surface area contributed by atoms with Gasteiger partial charge in [-0.3, -0.25) is 0 Å². The number of ether oxygens (including phenoxy) is 3. The molecule has 0 saturated carbocycles. The Morgan fingerprint density at radius 3 is 2.10 bits per heavy atom. The van der Waals surface area contributed by atoms with Gasteiger partial charge in [-0.2, -0.15) is 0 Å². The van der Waals surface area contributed by atoms with E-state index in [1.165, 1.54) is 0 Å². The van der Waals surface area contributed by atoms with E-state index in [1.807, 2.05) is 0 Å². The summed E-state index contributed by atoms with van der Waals surface area (Å²) in [6.45, 7) is 1.60. The molecule has 1 fully saturated rings. The van der Waals surface area contributed by atoms with Crippen LogP contribution in [-0.2, 0) is 14.2 Å². The first-order chi connectivity index (χ1) is 9.85. The number of aliphatic hydroxyl groups excluding tert-OH is 2. The summed E-state index contributed by atoms with van der Waals surface area (Å²) < 4.78 is 17.5. The minimum atomic E-state index is -0.243. The van der Waals surface area contributed by atoms with Crippen LogP contribution in [0.1, 0.15) is 32.1 Å². The smallest absolute Gasteiger partial charge is 0.163 e. The predicted octanol–water partition coefficient (Wildman–Crippen LogP) is 1.23. The van der Waals surface area contributed by atoms with Gasteiger partial charge in [-0.05, 0) is 32.1 Å². The second kappa shape index (κ2) is 8.74. The number of aliphatic hydroxyl groups is 2. The van der Waals surface area contributed by atoms with Gasteiger partial charge >= 0.3 is 0 Å². The van der Waals surface area contributed by atoms with Crippen LogP contribution in [0.25, 0.3) is 0 Å². The maximum atomic E-state index is 8.79. The highest BCUT2D eigenvalue weighted by Crippen LogP contribution is 2.37. The molecule has 2 rings (SSSR count). The Morgan fingerprint density at radius 2 is 1.65 bits per heavy atom. The third-order valence-corrected chi connectivity index (χ3v) is 3.79. The van der Waals surface area contributed by atoms with Crippen molar-refractivity contribution in [2.45, 2.75) is 50.6 Å². The van der Waals surface area contributed by atoms with Gasteiger partial charge in [-0.25, -0.2) is 0 Å². The van der Waals surface area contributed by atoms with Crippen LogP contribution in [0.5, 0.6) is 0 Å². The maximum absolute atomic E-state index is 8.79. The van der Waals surface area contributed by atoms with Gasteiger partial charge in [0, 0.05) is 32.3 Å².